The Labute approximate surface area is 175 Å². The molecule has 2 aromatic rings. The smallest absolute Gasteiger partial charge is 0.244 e. The van der Waals surface area contributed by atoms with Crippen LogP contribution >= 0.6 is 23.2 Å². The summed E-state index contributed by atoms with van der Waals surface area (Å²) in [4.78, 5) is 12.5. The molecule has 1 atom stereocenters. The summed E-state index contributed by atoms with van der Waals surface area (Å²) in [5.74, 6) is -0.510. The summed E-state index contributed by atoms with van der Waals surface area (Å²) in [7, 11) is -3.76. The Balaban J connectivity index is 1.77. The highest BCUT2D eigenvalue weighted by Gasteiger charge is 2.29. The van der Waals surface area contributed by atoms with E-state index in [1.54, 1.807) is 0 Å². The molecule has 0 aliphatic carbocycles. The van der Waals surface area contributed by atoms with Gasteiger partial charge in [0, 0.05) is 18.7 Å². The van der Waals surface area contributed by atoms with Gasteiger partial charge in [0.1, 0.15) is 4.90 Å². The van der Waals surface area contributed by atoms with Crippen LogP contribution in [0.1, 0.15) is 35.2 Å². The number of hydrogen-bond acceptors (Lipinski definition) is 4. The van der Waals surface area contributed by atoms with Crippen LogP contribution in [-0.2, 0) is 21.4 Å². The Kier molecular flexibility index (Phi) is 7.12. The fourth-order valence-corrected chi connectivity index (χ4v) is 5.26. The number of benzene rings is 2. The van der Waals surface area contributed by atoms with Crippen molar-refractivity contribution < 1.29 is 17.9 Å². The van der Waals surface area contributed by atoms with Crippen LogP contribution in [0.15, 0.2) is 53.4 Å². The molecular weight excluding hydrogens is 421 g/mol. The normalized spacial score (nSPS) is 16.6. The van der Waals surface area contributed by atoms with Gasteiger partial charge < -0.3 is 4.74 Å². The van der Waals surface area contributed by atoms with Gasteiger partial charge in [0.25, 0.3) is 0 Å². The van der Waals surface area contributed by atoms with Crippen LogP contribution < -0.4 is 0 Å². The van der Waals surface area contributed by atoms with Gasteiger partial charge >= 0.3 is 0 Å². The largest absolute Gasteiger partial charge is 0.350 e. The number of piperidine rings is 1. The van der Waals surface area contributed by atoms with Crippen molar-refractivity contribution >= 4 is 39.0 Å². The number of carbonyl (C=O) groups is 1. The fraction of sp³-hybridized carbons (Fsp3) is 0.350. The number of sulfonamides is 1. The third-order valence-electron chi connectivity index (χ3n) is 4.59. The van der Waals surface area contributed by atoms with Gasteiger partial charge in [-0.25, -0.2) is 8.42 Å². The fourth-order valence-electron chi connectivity index (χ4n) is 3.05. The van der Waals surface area contributed by atoms with E-state index in [9.17, 15) is 13.2 Å². The van der Waals surface area contributed by atoms with Crippen molar-refractivity contribution in [2.24, 2.45) is 0 Å². The molecule has 1 aliphatic rings. The Hall–Kier alpha value is -1.44. The molecule has 0 N–H and O–H groups in total. The van der Waals surface area contributed by atoms with Crippen LogP contribution in [0.4, 0.5) is 0 Å². The molecule has 0 saturated carbocycles. The monoisotopic (exact) mass is 441 g/mol. The van der Waals surface area contributed by atoms with E-state index in [-0.39, 0.29) is 22.1 Å². The van der Waals surface area contributed by atoms with Crippen LogP contribution in [0.3, 0.4) is 0 Å². The predicted molar refractivity (Wildman–Crippen MR) is 109 cm³/mol. The molecule has 1 saturated heterocycles. The number of alkyl halides is 1. The quantitative estimate of drug-likeness (QED) is 0.469. The molecule has 0 amide bonds. The molecule has 0 radical (unpaired) electrons. The van der Waals surface area contributed by atoms with E-state index in [4.69, 9.17) is 27.9 Å². The summed E-state index contributed by atoms with van der Waals surface area (Å²) in [5.41, 5.74) is -0.203. The molecule has 5 nitrogen and oxygen atoms in total. The van der Waals surface area contributed by atoms with Crippen LogP contribution in [-0.4, -0.2) is 37.2 Å². The summed E-state index contributed by atoms with van der Waals surface area (Å²) < 4.78 is 32.7. The van der Waals surface area contributed by atoms with Crippen molar-refractivity contribution in [3.63, 3.8) is 0 Å². The van der Waals surface area contributed by atoms with E-state index in [0.717, 1.165) is 24.8 Å². The van der Waals surface area contributed by atoms with Crippen molar-refractivity contribution in [2.45, 2.75) is 36.3 Å². The Morgan fingerprint density at radius 3 is 2.43 bits per heavy atom. The summed E-state index contributed by atoms with van der Waals surface area (Å²) in [6.45, 7) is 1.08. The summed E-state index contributed by atoms with van der Waals surface area (Å²) in [5, 5.41) is 0.0819. The second-order valence-corrected chi connectivity index (χ2v) is 9.30. The first-order chi connectivity index (χ1) is 13.4. The van der Waals surface area contributed by atoms with Gasteiger partial charge in [-0.05, 0) is 36.6 Å². The molecule has 1 heterocycles. The molecule has 150 valence electrons. The zero-order chi connectivity index (χ0) is 20.1. The van der Waals surface area contributed by atoms with Gasteiger partial charge in [0.15, 0.2) is 5.56 Å². The van der Waals surface area contributed by atoms with Gasteiger partial charge in [0.05, 0.1) is 11.6 Å². The minimum Gasteiger partial charge on any atom is -0.350 e. The van der Waals surface area contributed by atoms with E-state index in [1.165, 1.54) is 22.5 Å². The summed E-state index contributed by atoms with van der Waals surface area (Å²) in [6.07, 6.45) is 2.63. The van der Waals surface area contributed by atoms with E-state index >= 15 is 0 Å². The van der Waals surface area contributed by atoms with Crippen molar-refractivity contribution in [3.8, 4) is 0 Å². The standard InChI is InChI=1S/C20H21Cl2NO4S/c21-17-10-9-16(13-18(17)28(25,26)23-11-5-2-6-12-23)19(24)20(22)27-14-15-7-3-1-4-8-15/h1,3-4,7-10,13,20H,2,5-6,11-12,14H2. The average molecular weight is 442 g/mol. The van der Waals surface area contributed by atoms with E-state index in [2.05, 4.69) is 0 Å². The van der Waals surface area contributed by atoms with Crippen LogP contribution in [0, 0.1) is 0 Å². The molecule has 1 fully saturated rings. The SMILES string of the molecule is O=C(c1ccc(Cl)c(S(=O)(=O)N2CCCCC2)c1)C(Cl)OCc1ccccc1. The van der Waals surface area contributed by atoms with Gasteiger partial charge in [0.2, 0.25) is 15.8 Å². The highest BCUT2D eigenvalue weighted by atomic mass is 35.5. The van der Waals surface area contributed by atoms with Crippen LogP contribution in [0.25, 0.3) is 0 Å². The van der Waals surface area contributed by atoms with Crippen molar-refractivity contribution in [3.05, 3.63) is 64.7 Å². The molecule has 1 unspecified atom stereocenters. The molecular formula is C20H21Cl2NO4S. The van der Waals surface area contributed by atoms with E-state index in [1.807, 2.05) is 30.3 Å². The van der Waals surface area contributed by atoms with E-state index < -0.39 is 21.4 Å². The van der Waals surface area contributed by atoms with Gasteiger partial charge in [-0.2, -0.15) is 4.31 Å². The third-order valence-corrected chi connectivity index (χ3v) is 7.30. The topological polar surface area (TPSA) is 63.7 Å². The number of hydrogen-bond donors (Lipinski definition) is 0. The highest BCUT2D eigenvalue weighted by Crippen LogP contribution is 2.28. The van der Waals surface area contributed by atoms with Crippen molar-refractivity contribution in [1.29, 1.82) is 0 Å². The summed E-state index contributed by atoms with van der Waals surface area (Å²) in [6, 6.07) is 13.5. The maximum absolute atomic E-state index is 12.9. The first kappa shape index (κ1) is 21.3. The van der Waals surface area contributed by atoms with Gasteiger partial charge in [-0.3, -0.25) is 4.79 Å². The lowest BCUT2D eigenvalue weighted by Gasteiger charge is -2.26. The van der Waals surface area contributed by atoms with Gasteiger partial charge in [-0.1, -0.05) is 60.0 Å². The van der Waals surface area contributed by atoms with E-state index in [0.29, 0.717) is 13.1 Å². The molecule has 3 rings (SSSR count). The zero-order valence-electron chi connectivity index (χ0n) is 15.2. The third kappa shape index (κ3) is 4.93. The molecule has 8 heteroatoms. The Morgan fingerprint density at radius 1 is 1.07 bits per heavy atom. The number of ether oxygens (including phenoxy) is 1. The number of nitrogens with zero attached hydrogens (tertiary/aromatic N) is 1. The lowest BCUT2D eigenvalue weighted by Crippen LogP contribution is -2.35. The molecule has 28 heavy (non-hydrogen) atoms. The summed E-state index contributed by atoms with van der Waals surface area (Å²) >= 11 is 12.3. The number of halogens is 2. The van der Waals surface area contributed by atoms with Gasteiger partial charge in [-0.15, -0.1) is 0 Å². The predicted octanol–water partition coefficient (Wildman–Crippen LogP) is 4.48. The minimum atomic E-state index is -3.76. The van der Waals surface area contributed by atoms with Crippen molar-refractivity contribution in [2.75, 3.05) is 13.1 Å². The lowest BCUT2D eigenvalue weighted by atomic mass is 10.1. The molecule has 0 spiro atoms. The molecule has 1 aliphatic heterocycles. The number of ketones is 1. The molecule has 2 aromatic carbocycles. The number of rotatable bonds is 7. The number of carbonyl (C=O) groups excluding carboxylic acids is 1. The maximum Gasteiger partial charge on any atom is 0.244 e. The average Bonchev–Trinajstić information content (AvgIpc) is 2.73. The first-order valence-electron chi connectivity index (χ1n) is 9.03. The Bertz CT molecular complexity index is 928. The highest BCUT2D eigenvalue weighted by molar-refractivity contribution is 7.89. The maximum atomic E-state index is 12.9. The van der Waals surface area contributed by atoms with Crippen LogP contribution in [0.5, 0.6) is 0 Å². The first-order valence-corrected chi connectivity index (χ1v) is 11.3. The molecule has 0 aromatic heterocycles. The molecule has 0 bridgehead atoms. The van der Waals surface area contributed by atoms with Crippen molar-refractivity contribution in [1.82, 2.24) is 4.31 Å². The lowest BCUT2D eigenvalue weighted by molar-refractivity contribution is 0.0613. The van der Waals surface area contributed by atoms with Crippen LogP contribution in [0.2, 0.25) is 5.02 Å². The minimum absolute atomic E-state index is 0.0751. The Morgan fingerprint density at radius 2 is 1.75 bits per heavy atom. The number of Topliss-reactive ketones (excluding diaryl/α,β-unsaturated/α-hetero) is 1. The zero-order valence-corrected chi connectivity index (χ0v) is 17.5. The second-order valence-electron chi connectivity index (χ2n) is 6.59. The second kappa shape index (κ2) is 9.37.